The monoisotopic (exact) mass is 451 g/mol. The number of carbonyl (C=O) groups excluding carboxylic acids is 2. The normalized spacial score (nSPS) is 10.7. The maximum atomic E-state index is 12.0. The summed E-state index contributed by atoms with van der Waals surface area (Å²) in [7, 11) is 1.52. The molecule has 1 heterocycles. The van der Waals surface area contributed by atoms with Gasteiger partial charge in [0.2, 0.25) is 0 Å². The molecule has 2 aromatic carbocycles. The molecular weight excluding hydrogens is 426 g/mol. The highest BCUT2D eigenvalue weighted by Gasteiger charge is 2.09. The summed E-state index contributed by atoms with van der Waals surface area (Å²) in [5.41, 5.74) is 1.71. The molecule has 0 bridgehead atoms. The van der Waals surface area contributed by atoms with E-state index < -0.39 is 18.5 Å². The van der Waals surface area contributed by atoms with Crippen molar-refractivity contribution in [3.63, 3.8) is 0 Å². The molecule has 0 saturated heterocycles. The first-order valence-corrected chi connectivity index (χ1v) is 10.2. The van der Waals surface area contributed by atoms with Crippen LogP contribution in [0.15, 0.2) is 77.4 Å². The Balaban J connectivity index is 1.52. The molecule has 3 rings (SSSR count). The van der Waals surface area contributed by atoms with Crippen LogP contribution in [-0.2, 0) is 32.2 Å². The lowest BCUT2D eigenvalue weighted by atomic mass is 10.2. The van der Waals surface area contributed by atoms with Crippen LogP contribution < -0.4 is 14.8 Å². The molecule has 0 fully saturated rings. The molecule has 0 unspecified atom stereocenters. The average Bonchev–Trinajstić information content (AvgIpc) is 3.37. The largest absolute Gasteiger partial charge is 0.485 e. The minimum Gasteiger partial charge on any atom is -0.485 e. The summed E-state index contributed by atoms with van der Waals surface area (Å²) in [6.07, 6.45) is 4.31. The number of benzene rings is 2. The third kappa shape index (κ3) is 8.19. The van der Waals surface area contributed by atoms with Gasteiger partial charge in [0.05, 0.1) is 12.8 Å². The number of esters is 1. The predicted molar refractivity (Wildman–Crippen MR) is 120 cm³/mol. The number of amides is 1. The molecule has 0 spiro atoms. The molecule has 0 aliphatic heterocycles. The van der Waals surface area contributed by atoms with Crippen molar-refractivity contribution in [1.82, 2.24) is 5.32 Å². The van der Waals surface area contributed by atoms with Gasteiger partial charge >= 0.3 is 5.97 Å². The van der Waals surface area contributed by atoms with Crippen LogP contribution in [0.25, 0.3) is 6.08 Å². The van der Waals surface area contributed by atoms with Crippen LogP contribution in [0, 0.1) is 0 Å². The molecule has 0 radical (unpaired) electrons. The fraction of sp³-hybridized carbons (Fsp3) is 0.200. The van der Waals surface area contributed by atoms with E-state index in [9.17, 15) is 9.59 Å². The second-order valence-corrected chi connectivity index (χ2v) is 6.83. The fourth-order valence-electron chi connectivity index (χ4n) is 2.72. The summed E-state index contributed by atoms with van der Waals surface area (Å²) < 4.78 is 26.5. The van der Waals surface area contributed by atoms with Gasteiger partial charge in [-0.15, -0.1) is 0 Å². The second kappa shape index (κ2) is 12.7. The number of hydrogen-bond donors (Lipinski definition) is 1. The van der Waals surface area contributed by atoms with Gasteiger partial charge in [-0.1, -0.05) is 36.4 Å². The van der Waals surface area contributed by atoms with E-state index in [2.05, 4.69) is 5.32 Å². The Morgan fingerprint density at radius 2 is 1.85 bits per heavy atom. The average molecular weight is 451 g/mol. The standard InChI is InChI=1S/C25H25NO7/c1-29-18-33-23-14-19(9-11-22(23)31-16-20-6-3-2-4-7-20)10-12-25(28)32-17-24(27)26-15-21-8-5-13-30-21/h2-14H,15-18H2,1H3,(H,26,27)/b12-10+. The highest BCUT2D eigenvalue weighted by atomic mass is 16.7. The Bertz CT molecular complexity index is 1050. The highest BCUT2D eigenvalue weighted by molar-refractivity contribution is 5.89. The van der Waals surface area contributed by atoms with Crippen molar-refractivity contribution in [2.24, 2.45) is 0 Å². The third-order valence-corrected chi connectivity index (χ3v) is 4.33. The minimum absolute atomic E-state index is 0.0457. The van der Waals surface area contributed by atoms with E-state index in [4.69, 9.17) is 23.4 Å². The van der Waals surface area contributed by atoms with Crippen LogP contribution in [0.1, 0.15) is 16.9 Å². The summed E-state index contributed by atoms with van der Waals surface area (Å²) in [5.74, 6) is 0.553. The Hall–Kier alpha value is -4.04. The molecule has 3 aromatic rings. The third-order valence-electron chi connectivity index (χ3n) is 4.33. The number of methoxy groups -OCH3 is 1. The van der Waals surface area contributed by atoms with E-state index >= 15 is 0 Å². The van der Waals surface area contributed by atoms with E-state index in [1.165, 1.54) is 19.4 Å². The molecule has 172 valence electrons. The fourth-order valence-corrected chi connectivity index (χ4v) is 2.72. The molecule has 8 heteroatoms. The molecule has 1 aromatic heterocycles. The lowest BCUT2D eigenvalue weighted by molar-refractivity contribution is -0.143. The molecule has 8 nitrogen and oxygen atoms in total. The van der Waals surface area contributed by atoms with Crippen LogP contribution in [0.5, 0.6) is 11.5 Å². The van der Waals surface area contributed by atoms with Gasteiger partial charge in [0.25, 0.3) is 5.91 Å². The molecule has 0 aliphatic carbocycles. The summed E-state index contributed by atoms with van der Waals surface area (Å²) in [6.45, 7) is 0.262. The van der Waals surface area contributed by atoms with Gasteiger partial charge in [0, 0.05) is 13.2 Å². The lowest BCUT2D eigenvalue weighted by Crippen LogP contribution is -2.27. The zero-order valence-corrected chi connectivity index (χ0v) is 18.2. The maximum Gasteiger partial charge on any atom is 0.331 e. The van der Waals surface area contributed by atoms with Gasteiger partial charge in [-0.25, -0.2) is 4.79 Å². The van der Waals surface area contributed by atoms with Crippen molar-refractivity contribution >= 4 is 18.0 Å². The molecule has 0 atom stereocenters. The quantitative estimate of drug-likeness (QED) is 0.255. The molecule has 1 N–H and O–H groups in total. The zero-order valence-electron chi connectivity index (χ0n) is 18.2. The van der Waals surface area contributed by atoms with Gasteiger partial charge in [-0.05, 0) is 41.5 Å². The Kier molecular flexibility index (Phi) is 9.11. The van der Waals surface area contributed by atoms with E-state index in [0.717, 1.165) is 5.56 Å². The summed E-state index contributed by atoms with van der Waals surface area (Å²) in [6, 6.07) is 18.5. The van der Waals surface area contributed by atoms with Crippen molar-refractivity contribution in [1.29, 1.82) is 0 Å². The molecule has 0 saturated carbocycles. The van der Waals surface area contributed by atoms with Gasteiger partial charge in [-0.3, -0.25) is 4.79 Å². The van der Waals surface area contributed by atoms with E-state index in [1.807, 2.05) is 30.3 Å². The minimum atomic E-state index is -0.646. The second-order valence-electron chi connectivity index (χ2n) is 6.83. The van der Waals surface area contributed by atoms with Crippen LogP contribution in [-0.4, -0.2) is 32.4 Å². The number of nitrogens with one attached hydrogen (secondary N) is 1. The number of rotatable bonds is 12. The first-order chi connectivity index (χ1) is 16.1. The van der Waals surface area contributed by atoms with Crippen molar-refractivity contribution < 1.29 is 33.0 Å². The van der Waals surface area contributed by atoms with Gasteiger partial charge < -0.3 is 28.7 Å². The topological polar surface area (TPSA) is 96.2 Å². The van der Waals surface area contributed by atoms with Crippen molar-refractivity contribution in [2.75, 3.05) is 20.5 Å². The summed E-state index contributed by atoms with van der Waals surface area (Å²) in [5, 5.41) is 2.59. The van der Waals surface area contributed by atoms with Crippen molar-refractivity contribution in [3.05, 3.63) is 89.9 Å². The van der Waals surface area contributed by atoms with Crippen molar-refractivity contribution in [3.8, 4) is 11.5 Å². The van der Waals surface area contributed by atoms with Crippen LogP contribution >= 0.6 is 0 Å². The lowest BCUT2D eigenvalue weighted by Gasteiger charge is -2.13. The maximum absolute atomic E-state index is 12.0. The van der Waals surface area contributed by atoms with Gasteiger partial charge in [-0.2, -0.15) is 0 Å². The SMILES string of the molecule is COCOc1cc(/C=C/C(=O)OCC(=O)NCc2ccco2)ccc1OCc1ccccc1. The van der Waals surface area contributed by atoms with E-state index in [1.54, 1.807) is 36.4 Å². The molecule has 33 heavy (non-hydrogen) atoms. The summed E-state index contributed by atoms with van der Waals surface area (Å²) >= 11 is 0. The van der Waals surface area contributed by atoms with E-state index in [-0.39, 0.29) is 13.3 Å². The van der Waals surface area contributed by atoms with Crippen LogP contribution in [0.3, 0.4) is 0 Å². The van der Waals surface area contributed by atoms with Gasteiger partial charge in [0.15, 0.2) is 24.9 Å². The number of hydrogen-bond acceptors (Lipinski definition) is 7. The number of ether oxygens (including phenoxy) is 4. The molecular formula is C25H25NO7. The molecule has 1 amide bonds. The highest BCUT2D eigenvalue weighted by Crippen LogP contribution is 2.30. The Morgan fingerprint density at radius 3 is 2.61 bits per heavy atom. The zero-order chi connectivity index (χ0) is 23.3. The Morgan fingerprint density at radius 1 is 1.00 bits per heavy atom. The first-order valence-electron chi connectivity index (χ1n) is 10.2. The summed E-state index contributed by atoms with van der Waals surface area (Å²) in [4.78, 5) is 23.7. The van der Waals surface area contributed by atoms with Crippen molar-refractivity contribution in [2.45, 2.75) is 13.2 Å². The smallest absolute Gasteiger partial charge is 0.331 e. The van der Waals surface area contributed by atoms with Crippen LogP contribution in [0.2, 0.25) is 0 Å². The number of carbonyl (C=O) groups is 2. The first kappa shape index (κ1) is 23.6. The molecule has 0 aliphatic rings. The van der Waals surface area contributed by atoms with E-state index in [0.29, 0.717) is 29.4 Å². The van der Waals surface area contributed by atoms with Crippen LogP contribution in [0.4, 0.5) is 0 Å². The van der Waals surface area contributed by atoms with Gasteiger partial charge in [0.1, 0.15) is 12.4 Å². The predicted octanol–water partition coefficient (Wildman–Crippen LogP) is 3.71. The number of furan rings is 1. The Labute approximate surface area is 191 Å².